The van der Waals surface area contributed by atoms with Crippen LogP contribution < -0.4 is 0 Å². The summed E-state index contributed by atoms with van der Waals surface area (Å²) in [5, 5.41) is 0. The molecule has 0 aromatic heterocycles. The molecule has 0 saturated heterocycles. The Balaban J connectivity index is 3.49. The molecular weight excluding hydrogens is 785 g/mol. The highest BCUT2D eigenvalue weighted by atomic mass is 16.6. The van der Waals surface area contributed by atoms with E-state index >= 15 is 0 Å². The fourth-order valence-corrected chi connectivity index (χ4v) is 10.1. The Bertz CT molecular complexity index is 1070. The molecule has 4 heteroatoms. The standard InChI is InChI=1S/C60H110O4/c1-7-13-19-25-31-37-45-53-59(49-41-33-27-21-15-9-3,50-42-34-28-22-16-10-4)63-57(61)55-47-39-40-48-56(55)58(62)64-60(51-43-35-29-23-17-11-5,52-44-36-30-24-18-12-6)54-46-38-32-26-20-14-8-2/h39-40,47-48H,7-38,41-46,49-54H2,1-6H3. The molecule has 0 heterocycles. The molecule has 0 atom stereocenters. The summed E-state index contributed by atoms with van der Waals surface area (Å²) in [6.07, 6.45) is 52.4. The zero-order chi connectivity index (χ0) is 46.7. The van der Waals surface area contributed by atoms with Gasteiger partial charge >= 0.3 is 11.9 Å². The van der Waals surface area contributed by atoms with Crippen molar-refractivity contribution in [2.45, 2.75) is 335 Å². The van der Waals surface area contributed by atoms with Crippen molar-refractivity contribution >= 4 is 11.9 Å². The van der Waals surface area contributed by atoms with Gasteiger partial charge in [-0.05, 0) is 89.2 Å². The van der Waals surface area contributed by atoms with E-state index in [1.807, 2.05) is 24.3 Å². The zero-order valence-corrected chi connectivity index (χ0v) is 44.1. The van der Waals surface area contributed by atoms with Crippen molar-refractivity contribution in [3.05, 3.63) is 35.4 Å². The van der Waals surface area contributed by atoms with Crippen LogP contribution in [-0.2, 0) is 9.47 Å². The molecule has 0 fully saturated rings. The molecule has 1 rings (SSSR count). The number of ether oxygens (including phenoxy) is 2. The molecule has 0 spiro atoms. The van der Waals surface area contributed by atoms with Crippen LogP contribution in [0.5, 0.6) is 0 Å². The molecule has 1 aromatic carbocycles. The molecule has 4 nitrogen and oxygen atoms in total. The minimum Gasteiger partial charge on any atom is -0.455 e. The number of benzene rings is 1. The Morgan fingerprint density at radius 1 is 0.297 bits per heavy atom. The minimum atomic E-state index is -0.497. The third kappa shape index (κ3) is 30.4. The van der Waals surface area contributed by atoms with Crippen LogP contribution >= 0.6 is 0 Å². The summed E-state index contributed by atoms with van der Waals surface area (Å²) < 4.78 is 13.9. The maximum atomic E-state index is 14.8. The van der Waals surface area contributed by atoms with Crippen LogP contribution in [-0.4, -0.2) is 23.1 Å². The third-order valence-corrected chi connectivity index (χ3v) is 14.4. The molecule has 0 saturated carbocycles. The Labute approximate surface area is 400 Å². The van der Waals surface area contributed by atoms with Crippen molar-refractivity contribution in [2.24, 2.45) is 0 Å². The predicted molar refractivity (Wildman–Crippen MR) is 280 cm³/mol. The van der Waals surface area contributed by atoms with Crippen molar-refractivity contribution < 1.29 is 19.1 Å². The summed E-state index contributed by atoms with van der Waals surface area (Å²) in [6.45, 7) is 13.7. The first-order valence-electron chi connectivity index (χ1n) is 28.9. The lowest BCUT2D eigenvalue weighted by Gasteiger charge is -2.36. The minimum absolute atomic E-state index is 0.322. The number of rotatable bonds is 48. The van der Waals surface area contributed by atoms with Crippen molar-refractivity contribution in [1.82, 2.24) is 0 Å². The summed E-state index contributed by atoms with van der Waals surface area (Å²) in [5.41, 5.74) is -0.204. The first kappa shape index (κ1) is 60.2. The van der Waals surface area contributed by atoms with Crippen LogP contribution in [0.1, 0.15) is 345 Å². The van der Waals surface area contributed by atoms with Gasteiger partial charge in [-0.3, -0.25) is 0 Å². The lowest BCUT2D eigenvalue weighted by molar-refractivity contribution is -0.0400. The van der Waals surface area contributed by atoms with E-state index in [2.05, 4.69) is 41.5 Å². The van der Waals surface area contributed by atoms with Crippen molar-refractivity contribution in [3.63, 3.8) is 0 Å². The second-order valence-corrected chi connectivity index (χ2v) is 20.5. The van der Waals surface area contributed by atoms with Crippen LogP contribution in [0.2, 0.25) is 0 Å². The largest absolute Gasteiger partial charge is 0.455 e. The molecule has 64 heavy (non-hydrogen) atoms. The van der Waals surface area contributed by atoms with Crippen molar-refractivity contribution in [3.8, 4) is 0 Å². The smallest absolute Gasteiger partial charge is 0.339 e. The maximum absolute atomic E-state index is 14.8. The number of unbranched alkanes of at least 4 members (excludes halogenated alkanes) is 32. The van der Waals surface area contributed by atoms with Crippen LogP contribution in [0.15, 0.2) is 24.3 Å². The number of hydrogen-bond acceptors (Lipinski definition) is 4. The average molecular weight is 896 g/mol. The molecule has 0 aliphatic carbocycles. The molecule has 0 radical (unpaired) electrons. The van der Waals surface area contributed by atoms with Gasteiger partial charge in [-0.2, -0.15) is 0 Å². The lowest BCUT2D eigenvalue weighted by Crippen LogP contribution is -2.37. The first-order valence-corrected chi connectivity index (χ1v) is 28.9. The van der Waals surface area contributed by atoms with E-state index in [-0.39, 0.29) is 11.9 Å². The first-order chi connectivity index (χ1) is 31.4. The summed E-state index contributed by atoms with van der Waals surface area (Å²) in [6, 6.07) is 7.50. The highest BCUT2D eigenvalue weighted by molar-refractivity contribution is 6.03. The van der Waals surface area contributed by atoms with Gasteiger partial charge in [-0.15, -0.1) is 0 Å². The van der Waals surface area contributed by atoms with Gasteiger partial charge in [0.1, 0.15) is 11.2 Å². The highest BCUT2D eigenvalue weighted by Gasteiger charge is 2.37. The monoisotopic (exact) mass is 895 g/mol. The summed E-state index contributed by atoms with van der Waals surface area (Å²) in [5.74, 6) is -0.644. The van der Waals surface area contributed by atoms with Gasteiger partial charge < -0.3 is 9.47 Å². The van der Waals surface area contributed by atoms with E-state index in [0.717, 1.165) is 77.0 Å². The van der Waals surface area contributed by atoms with Crippen LogP contribution in [0.25, 0.3) is 0 Å². The topological polar surface area (TPSA) is 52.6 Å². The fraction of sp³-hybridized carbons (Fsp3) is 0.867. The van der Waals surface area contributed by atoms with Gasteiger partial charge in [0.2, 0.25) is 0 Å². The summed E-state index contributed by atoms with van der Waals surface area (Å²) in [7, 11) is 0. The molecule has 0 bridgehead atoms. The Hall–Kier alpha value is -1.84. The average Bonchev–Trinajstić information content (AvgIpc) is 3.30. The van der Waals surface area contributed by atoms with Gasteiger partial charge in [0.05, 0.1) is 11.1 Å². The SMILES string of the molecule is CCCCCCCCCC(CCCCCCCC)(CCCCCCCC)OC(=O)c1ccccc1C(=O)OC(CCCCCCCC)(CCCCCCCC)CCCCCCCCC. The molecule has 0 aliphatic heterocycles. The Morgan fingerprint density at radius 2 is 0.469 bits per heavy atom. The molecule has 0 unspecified atom stereocenters. The van der Waals surface area contributed by atoms with E-state index in [4.69, 9.17) is 9.47 Å². The summed E-state index contributed by atoms with van der Waals surface area (Å²) in [4.78, 5) is 29.6. The second-order valence-electron chi connectivity index (χ2n) is 20.5. The quantitative estimate of drug-likeness (QED) is 0.0483. The molecule has 0 aliphatic rings. The number of esters is 2. The molecule has 1 aromatic rings. The fourth-order valence-electron chi connectivity index (χ4n) is 10.1. The van der Waals surface area contributed by atoms with Gasteiger partial charge in [0.25, 0.3) is 0 Å². The Morgan fingerprint density at radius 3 is 0.656 bits per heavy atom. The van der Waals surface area contributed by atoms with E-state index < -0.39 is 11.2 Å². The second kappa shape index (κ2) is 42.5. The van der Waals surface area contributed by atoms with E-state index in [0.29, 0.717) is 11.1 Å². The normalized spacial score (nSPS) is 12.0. The van der Waals surface area contributed by atoms with Gasteiger partial charge in [0.15, 0.2) is 0 Å². The van der Waals surface area contributed by atoms with Gasteiger partial charge in [0, 0.05) is 0 Å². The Kier molecular flexibility index (Phi) is 40.0. The summed E-state index contributed by atoms with van der Waals surface area (Å²) >= 11 is 0. The van der Waals surface area contributed by atoms with Crippen LogP contribution in [0.4, 0.5) is 0 Å². The van der Waals surface area contributed by atoms with Crippen molar-refractivity contribution in [1.29, 1.82) is 0 Å². The zero-order valence-electron chi connectivity index (χ0n) is 44.1. The van der Waals surface area contributed by atoms with E-state index in [1.54, 1.807) is 0 Å². The number of carbonyl (C=O) groups excluding carboxylic acids is 2. The third-order valence-electron chi connectivity index (χ3n) is 14.4. The van der Waals surface area contributed by atoms with Gasteiger partial charge in [-0.25, -0.2) is 9.59 Å². The molecule has 0 N–H and O–H groups in total. The predicted octanol–water partition coefficient (Wildman–Crippen LogP) is 20.8. The van der Waals surface area contributed by atoms with Gasteiger partial charge in [-0.1, -0.05) is 259 Å². The van der Waals surface area contributed by atoms with Crippen LogP contribution in [0.3, 0.4) is 0 Å². The maximum Gasteiger partial charge on any atom is 0.339 e. The van der Waals surface area contributed by atoms with Crippen LogP contribution in [0, 0.1) is 0 Å². The molecular formula is C60H110O4. The highest BCUT2D eigenvalue weighted by Crippen LogP contribution is 2.37. The van der Waals surface area contributed by atoms with E-state index in [1.165, 1.54) is 205 Å². The van der Waals surface area contributed by atoms with Crippen molar-refractivity contribution in [2.75, 3.05) is 0 Å². The lowest BCUT2D eigenvalue weighted by atomic mass is 9.84. The van der Waals surface area contributed by atoms with E-state index in [9.17, 15) is 9.59 Å². The molecule has 374 valence electrons. The number of carbonyl (C=O) groups is 2. The molecule has 0 amide bonds. The number of hydrogen-bond donors (Lipinski definition) is 0.